The monoisotopic (exact) mass is 331 g/mol. The minimum atomic E-state index is -3.45. The van der Waals surface area contributed by atoms with Gasteiger partial charge in [0.25, 0.3) is 10.2 Å². The van der Waals surface area contributed by atoms with E-state index in [9.17, 15) is 8.42 Å². The maximum absolute atomic E-state index is 12.6. The first kappa shape index (κ1) is 17.3. The predicted octanol–water partition coefficient (Wildman–Crippen LogP) is 0.300. The van der Waals surface area contributed by atoms with E-state index in [1.54, 1.807) is 24.8 Å². The van der Waals surface area contributed by atoms with Gasteiger partial charge in [0.15, 0.2) is 0 Å². The first-order valence-corrected chi connectivity index (χ1v) is 8.98. The molecule has 1 aromatic heterocycles. The molecule has 0 amide bonds. The van der Waals surface area contributed by atoms with Crippen LogP contribution in [0, 0.1) is 0 Å². The van der Waals surface area contributed by atoms with Crippen LogP contribution in [-0.2, 0) is 21.5 Å². The molecule has 1 atom stereocenters. The fourth-order valence-electron chi connectivity index (χ4n) is 2.72. The summed E-state index contributed by atoms with van der Waals surface area (Å²) in [5, 5.41) is 8.13. The Hall–Kier alpha value is -1.03. The highest BCUT2D eigenvalue weighted by atomic mass is 32.2. The Morgan fingerprint density at radius 2 is 2.27 bits per heavy atom. The molecular weight excluding hydrogens is 306 g/mol. The largest absolute Gasteiger partial charge is 0.383 e. The quantitative estimate of drug-likeness (QED) is 0.718. The van der Waals surface area contributed by atoms with Crippen LogP contribution in [-0.4, -0.2) is 72.2 Å². The van der Waals surface area contributed by atoms with Crippen LogP contribution >= 0.6 is 0 Å². The zero-order valence-corrected chi connectivity index (χ0v) is 14.3. The van der Waals surface area contributed by atoms with Crippen LogP contribution in [0.4, 0.5) is 0 Å². The molecule has 0 bridgehead atoms. The lowest BCUT2D eigenvalue weighted by molar-refractivity contribution is 0.181. The van der Waals surface area contributed by atoms with Gasteiger partial charge in [-0.3, -0.25) is 0 Å². The molecule has 1 fully saturated rings. The van der Waals surface area contributed by atoms with E-state index in [0.29, 0.717) is 26.2 Å². The summed E-state index contributed by atoms with van der Waals surface area (Å²) in [6.07, 6.45) is 3.47. The minimum absolute atomic E-state index is 0.0989. The maximum atomic E-state index is 12.6. The molecular formula is C13H25N5O3S. The topological polar surface area (TPSA) is 80.6 Å². The van der Waals surface area contributed by atoms with Crippen molar-refractivity contribution in [1.82, 2.24) is 23.4 Å². The van der Waals surface area contributed by atoms with Gasteiger partial charge in [0, 0.05) is 46.3 Å². The molecule has 0 aromatic carbocycles. The van der Waals surface area contributed by atoms with Crippen molar-refractivity contribution in [2.75, 3.05) is 40.4 Å². The van der Waals surface area contributed by atoms with E-state index in [1.165, 1.54) is 4.31 Å². The van der Waals surface area contributed by atoms with Gasteiger partial charge in [-0.25, -0.2) is 0 Å². The number of ether oxygens (including phenoxy) is 1. The number of nitrogens with zero attached hydrogens (tertiary/aromatic N) is 5. The molecule has 0 aliphatic carbocycles. The molecule has 0 saturated carbocycles. The average molecular weight is 331 g/mol. The second-order valence-corrected chi connectivity index (χ2v) is 7.53. The SMILES string of the molecule is CCn1cnnc1C1CCCN(S(=O)(=O)N(C)CCOC)C1. The Balaban J connectivity index is 2.10. The summed E-state index contributed by atoms with van der Waals surface area (Å²) in [6, 6.07) is 0. The van der Waals surface area contributed by atoms with Crippen molar-refractivity contribution in [3.05, 3.63) is 12.2 Å². The summed E-state index contributed by atoms with van der Waals surface area (Å²) in [6.45, 7) is 4.57. The minimum Gasteiger partial charge on any atom is -0.383 e. The van der Waals surface area contributed by atoms with Gasteiger partial charge in [-0.15, -0.1) is 10.2 Å². The highest BCUT2D eigenvalue weighted by molar-refractivity contribution is 7.86. The number of likely N-dealkylation sites (N-methyl/N-ethyl adjacent to an activating group) is 1. The van der Waals surface area contributed by atoms with E-state index < -0.39 is 10.2 Å². The summed E-state index contributed by atoms with van der Waals surface area (Å²) in [4.78, 5) is 0. The highest BCUT2D eigenvalue weighted by Crippen LogP contribution is 2.27. The lowest BCUT2D eigenvalue weighted by atomic mass is 9.99. The van der Waals surface area contributed by atoms with Crippen LogP contribution in [0.2, 0.25) is 0 Å². The zero-order valence-electron chi connectivity index (χ0n) is 13.5. The molecule has 0 radical (unpaired) electrons. The van der Waals surface area contributed by atoms with Gasteiger partial charge in [-0.1, -0.05) is 0 Å². The summed E-state index contributed by atoms with van der Waals surface area (Å²) in [7, 11) is -0.294. The van der Waals surface area contributed by atoms with E-state index in [4.69, 9.17) is 4.74 Å². The van der Waals surface area contributed by atoms with Crippen molar-refractivity contribution in [2.24, 2.45) is 0 Å². The molecule has 9 heteroatoms. The lowest BCUT2D eigenvalue weighted by Gasteiger charge is -2.34. The maximum Gasteiger partial charge on any atom is 0.281 e. The fourth-order valence-corrected chi connectivity index (χ4v) is 4.15. The normalized spacial score (nSPS) is 20.6. The van der Waals surface area contributed by atoms with Crippen molar-refractivity contribution < 1.29 is 13.2 Å². The van der Waals surface area contributed by atoms with Crippen molar-refractivity contribution in [3.63, 3.8) is 0 Å². The summed E-state index contributed by atoms with van der Waals surface area (Å²) < 4.78 is 35.1. The molecule has 1 aliphatic rings. The number of hydrogen-bond donors (Lipinski definition) is 0. The van der Waals surface area contributed by atoms with Gasteiger partial charge in [-0.05, 0) is 19.8 Å². The van der Waals surface area contributed by atoms with Gasteiger partial charge in [0.2, 0.25) is 0 Å². The van der Waals surface area contributed by atoms with E-state index in [1.807, 2.05) is 11.5 Å². The van der Waals surface area contributed by atoms with Crippen molar-refractivity contribution in [3.8, 4) is 0 Å². The Morgan fingerprint density at radius 3 is 2.95 bits per heavy atom. The first-order chi connectivity index (χ1) is 10.5. The number of rotatable bonds is 7. The molecule has 1 unspecified atom stereocenters. The van der Waals surface area contributed by atoms with Crippen molar-refractivity contribution >= 4 is 10.2 Å². The molecule has 22 heavy (non-hydrogen) atoms. The second kappa shape index (κ2) is 7.49. The van der Waals surface area contributed by atoms with Crippen LogP contribution in [0.15, 0.2) is 6.33 Å². The zero-order chi connectivity index (χ0) is 16.2. The van der Waals surface area contributed by atoms with Gasteiger partial charge in [-0.2, -0.15) is 17.0 Å². The van der Waals surface area contributed by atoms with Gasteiger partial charge < -0.3 is 9.30 Å². The van der Waals surface area contributed by atoms with Gasteiger partial charge in [0.1, 0.15) is 12.2 Å². The second-order valence-electron chi connectivity index (χ2n) is 5.49. The van der Waals surface area contributed by atoms with E-state index in [2.05, 4.69) is 10.2 Å². The van der Waals surface area contributed by atoms with E-state index in [0.717, 1.165) is 25.2 Å². The standard InChI is InChI=1S/C13H25N5O3S/c1-4-17-11-14-15-13(17)12-6-5-7-18(10-12)22(19,20)16(2)8-9-21-3/h11-12H,4-10H2,1-3H3. The Labute approximate surface area is 132 Å². The molecule has 1 saturated heterocycles. The number of methoxy groups -OCH3 is 1. The number of hydrogen-bond acceptors (Lipinski definition) is 5. The summed E-state index contributed by atoms with van der Waals surface area (Å²) >= 11 is 0. The number of aromatic nitrogens is 3. The van der Waals surface area contributed by atoms with E-state index in [-0.39, 0.29) is 5.92 Å². The predicted molar refractivity (Wildman–Crippen MR) is 82.7 cm³/mol. The molecule has 126 valence electrons. The third kappa shape index (κ3) is 3.65. The smallest absolute Gasteiger partial charge is 0.281 e. The van der Waals surface area contributed by atoms with Crippen LogP contribution in [0.25, 0.3) is 0 Å². The lowest BCUT2D eigenvalue weighted by Crippen LogP contribution is -2.47. The van der Waals surface area contributed by atoms with Gasteiger partial charge in [0.05, 0.1) is 6.61 Å². The van der Waals surface area contributed by atoms with Gasteiger partial charge >= 0.3 is 0 Å². The highest BCUT2D eigenvalue weighted by Gasteiger charge is 2.33. The van der Waals surface area contributed by atoms with Crippen molar-refractivity contribution in [1.29, 1.82) is 0 Å². The Morgan fingerprint density at radius 1 is 1.50 bits per heavy atom. The molecule has 8 nitrogen and oxygen atoms in total. The third-order valence-electron chi connectivity index (χ3n) is 4.07. The first-order valence-electron chi connectivity index (χ1n) is 7.58. The molecule has 2 heterocycles. The molecule has 0 spiro atoms. The molecule has 0 N–H and O–H groups in total. The molecule has 1 aliphatic heterocycles. The Kier molecular flexibility index (Phi) is 5.90. The van der Waals surface area contributed by atoms with Crippen LogP contribution < -0.4 is 0 Å². The number of piperidine rings is 1. The van der Waals surface area contributed by atoms with Crippen LogP contribution in [0.5, 0.6) is 0 Å². The average Bonchev–Trinajstić information content (AvgIpc) is 3.01. The summed E-state index contributed by atoms with van der Waals surface area (Å²) in [5.74, 6) is 0.976. The molecule has 1 aromatic rings. The third-order valence-corrected chi connectivity index (χ3v) is 6.02. The Bertz CT molecular complexity index is 574. The van der Waals surface area contributed by atoms with E-state index >= 15 is 0 Å². The van der Waals surface area contributed by atoms with Crippen LogP contribution in [0.3, 0.4) is 0 Å². The van der Waals surface area contributed by atoms with Crippen molar-refractivity contribution in [2.45, 2.75) is 32.2 Å². The summed E-state index contributed by atoms with van der Waals surface area (Å²) in [5.41, 5.74) is 0. The number of aryl methyl sites for hydroxylation is 1. The molecule has 2 rings (SSSR count). The fraction of sp³-hybridized carbons (Fsp3) is 0.846. The van der Waals surface area contributed by atoms with Crippen LogP contribution in [0.1, 0.15) is 31.5 Å².